The van der Waals surface area contributed by atoms with Gasteiger partial charge in [0.1, 0.15) is 11.8 Å². The number of benzene rings is 4. The SMILES string of the molecule is O=C([O-])N1CCC(c2ccc(OCCCC(O)c3ccccc3)cc2)C(OCc2ccc3ccccc3c2)C1. The number of hydrogen-bond acceptors (Lipinski definition) is 5. The van der Waals surface area contributed by atoms with Crippen molar-refractivity contribution in [2.24, 2.45) is 0 Å². The molecule has 4 aromatic rings. The Morgan fingerprint density at radius 1 is 0.949 bits per heavy atom. The number of aliphatic hydroxyl groups excluding tert-OH is 1. The number of carbonyl (C=O) groups is 1. The Hall–Kier alpha value is -3.87. The predicted octanol–water partition coefficient (Wildman–Crippen LogP) is 5.45. The summed E-state index contributed by atoms with van der Waals surface area (Å²) in [5.41, 5.74) is 3.08. The zero-order valence-electron chi connectivity index (χ0n) is 21.9. The number of rotatable bonds is 10. The molecule has 0 spiro atoms. The van der Waals surface area contributed by atoms with Crippen molar-refractivity contribution in [3.63, 3.8) is 0 Å². The first kappa shape index (κ1) is 26.7. The third-order valence-corrected chi connectivity index (χ3v) is 7.48. The molecule has 1 saturated heterocycles. The first-order valence-corrected chi connectivity index (χ1v) is 13.6. The van der Waals surface area contributed by atoms with Crippen LogP contribution in [0.1, 0.15) is 48.0 Å². The lowest BCUT2D eigenvalue weighted by molar-refractivity contribution is -0.268. The average Bonchev–Trinajstić information content (AvgIpc) is 2.98. The fraction of sp³-hybridized carbons (Fsp3) is 0.303. The number of nitrogens with zero attached hydrogens (tertiary/aromatic N) is 1. The van der Waals surface area contributed by atoms with Crippen LogP contribution in [0.25, 0.3) is 10.8 Å². The smallest absolute Gasteiger partial charge is 0.137 e. The number of piperidine rings is 1. The van der Waals surface area contributed by atoms with Gasteiger partial charge in [-0.1, -0.05) is 78.9 Å². The largest absolute Gasteiger partial charge is 0.530 e. The maximum absolute atomic E-state index is 11.6. The molecule has 5 rings (SSSR count). The van der Waals surface area contributed by atoms with Crippen molar-refractivity contribution in [1.29, 1.82) is 0 Å². The maximum Gasteiger partial charge on any atom is 0.137 e. The van der Waals surface area contributed by atoms with Gasteiger partial charge in [0.05, 0.1) is 25.4 Å². The lowest BCUT2D eigenvalue weighted by Crippen LogP contribution is -2.51. The molecule has 6 nitrogen and oxygen atoms in total. The van der Waals surface area contributed by atoms with Crippen LogP contribution in [0.3, 0.4) is 0 Å². The van der Waals surface area contributed by atoms with Crippen molar-refractivity contribution >= 4 is 16.9 Å². The van der Waals surface area contributed by atoms with Crippen LogP contribution < -0.4 is 9.84 Å². The molecule has 39 heavy (non-hydrogen) atoms. The van der Waals surface area contributed by atoms with Gasteiger partial charge in [-0.15, -0.1) is 0 Å². The molecular weight excluding hydrogens is 490 g/mol. The number of fused-ring (bicyclic) bond motifs is 1. The van der Waals surface area contributed by atoms with E-state index in [9.17, 15) is 15.0 Å². The second kappa shape index (κ2) is 12.8. The van der Waals surface area contributed by atoms with Crippen LogP contribution in [0, 0.1) is 0 Å². The first-order chi connectivity index (χ1) is 19.1. The molecule has 0 aliphatic carbocycles. The number of aliphatic hydroxyl groups is 1. The molecule has 1 aliphatic heterocycles. The minimum absolute atomic E-state index is 0.0659. The van der Waals surface area contributed by atoms with Gasteiger partial charge in [-0.05, 0) is 64.9 Å². The molecule has 0 aromatic heterocycles. The van der Waals surface area contributed by atoms with E-state index in [4.69, 9.17) is 9.47 Å². The number of hydrogen-bond donors (Lipinski definition) is 1. The Morgan fingerprint density at radius 3 is 2.46 bits per heavy atom. The quantitative estimate of drug-likeness (QED) is 0.279. The molecule has 4 aromatic carbocycles. The molecular formula is C33H34NO5-. The molecule has 0 saturated carbocycles. The number of carboxylic acid groups (broad SMARTS) is 1. The van der Waals surface area contributed by atoms with Gasteiger partial charge in [-0.2, -0.15) is 0 Å². The van der Waals surface area contributed by atoms with E-state index in [-0.39, 0.29) is 18.6 Å². The second-order valence-corrected chi connectivity index (χ2v) is 10.1. The Balaban J connectivity index is 1.18. The molecule has 6 heteroatoms. The van der Waals surface area contributed by atoms with Gasteiger partial charge in [-0.3, -0.25) is 0 Å². The fourth-order valence-electron chi connectivity index (χ4n) is 5.28. The summed E-state index contributed by atoms with van der Waals surface area (Å²) < 4.78 is 12.3. The number of likely N-dealkylation sites (tertiary alicyclic amines) is 1. The topological polar surface area (TPSA) is 82.1 Å². The molecule has 0 bridgehead atoms. The normalized spacial score (nSPS) is 18.1. The summed E-state index contributed by atoms with van der Waals surface area (Å²) in [6.45, 7) is 1.63. The van der Waals surface area contributed by atoms with Crippen LogP contribution in [-0.2, 0) is 11.3 Å². The summed E-state index contributed by atoms with van der Waals surface area (Å²) in [6.07, 6.45) is 0.104. The van der Waals surface area contributed by atoms with E-state index in [1.54, 1.807) is 0 Å². The van der Waals surface area contributed by atoms with Gasteiger partial charge < -0.3 is 29.4 Å². The molecule has 0 radical (unpaired) electrons. The molecule has 1 heterocycles. The Kier molecular flexibility index (Phi) is 8.76. The Bertz CT molecular complexity index is 1360. The Labute approximate surface area is 229 Å². The third-order valence-electron chi connectivity index (χ3n) is 7.48. The van der Waals surface area contributed by atoms with E-state index >= 15 is 0 Å². The highest BCUT2D eigenvalue weighted by molar-refractivity contribution is 5.82. The highest BCUT2D eigenvalue weighted by Crippen LogP contribution is 2.32. The van der Waals surface area contributed by atoms with Crippen LogP contribution in [0.15, 0.2) is 97.1 Å². The second-order valence-electron chi connectivity index (χ2n) is 10.1. The van der Waals surface area contributed by atoms with Crippen molar-refractivity contribution in [2.75, 3.05) is 19.7 Å². The number of carbonyl (C=O) groups excluding carboxylic acids is 1. The van der Waals surface area contributed by atoms with Crippen LogP contribution in [-0.4, -0.2) is 41.9 Å². The number of amides is 1. The highest BCUT2D eigenvalue weighted by atomic mass is 16.5. The number of ether oxygens (including phenoxy) is 2. The zero-order chi connectivity index (χ0) is 27.0. The van der Waals surface area contributed by atoms with Crippen LogP contribution in [0.4, 0.5) is 4.79 Å². The summed E-state index contributed by atoms with van der Waals surface area (Å²) in [4.78, 5) is 12.9. The molecule has 3 atom stereocenters. The predicted molar refractivity (Wildman–Crippen MR) is 149 cm³/mol. The van der Waals surface area contributed by atoms with Gasteiger partial charge in [-0.25, -0.2) is 0 Å². The molecule has 1 N–H and O–H groups in total. The Morgan fingerprint density at radius 2 is 1.69 bits per heavy atom. The lowest BCUT2D eigenvalue weighted by Gasteiger charge is -2.40. The monoisotopic (exact) mass is 524 g/mol. The summed E-state index contributed by atoms with van der Waals surface area (Å²) in [6, 6.07) is 32.1. The molecule has 3 unspecified atom stereocenters. The van der Waals surface area contributed by atoms with Crippen molar-refractivity contribution in [3.05, 3.63) is 114 Å². The fourth-order valence-corrected chi connectivity index (χ4v) is 5.28. The highest BCUT2D eigenvalue weighted by Gasteiger charge is 2.31. The van der Waals surface area contributed by atoms with Gasteiger partial charge in [0, 0.05) is 19.0 Å². The zero-order valence-corrected chi connectivity index (χ0v) is 21.9. The van der Waals surface area contributed by atoms with Crippen molar-refractivity contribution < 1.29 is 24.5 Å². The van der Waals surface area contributed by atoms with Crippen LogP contribution in [0.5, 0.6) is 5.75 Å². The van der Waals surface area contributed by atoms with Crippen molar-refractivity contribution in [1.82, 2.24) is 4.90 Å². The van der Waals surface area contributed by atoms with E-state index in [1.165, 1.54) is 10.3 Å². The summed E-state index contributed by atoms with van der Waals surface area (Å²) in [7, 11) is 0. The van der Waals surface area contributed by atoms with E-state index in [0.29, 0.717) is 32.6 Å². The van der Waals surface area contributed by atoms with Crippen LogP contribution in [0.2, 0.25) is 0 Å². The van der Waals surface area contributed by atoms with E-state index in [1.807, 2.05) is 66.7 Å². The van der Waals surface area contributed by atoms with Gasteiger partial charge in [0.15, 0.2) is 0 Å². The lowest BCUT2D eigenvalue weighted by atomic mass is 9.87. The summed E-state index contributed by atoms with van der Waals surface area (Å²) in [5, 5.41) is 24.2. The minimum atomic E-state index is -1.16. The average molecular weight is 525 g/mol. The minimum Gasteiger partial charge on any atom is -0.530 e. The standard InChI is InChI=1S/C33H35NO5/c35-31(27-8-2-1-3-9-27)11-6-20-38-29-16-14-26(15-17-29)30-18-19-34(33(36)37)22-32(30)39-23-24-12-13-25-7-4-5-10-28(25)21-24/h1-5,7-10,12-17,21,30-32,35H,6,11,18-20,22-23H2,(H,36,37)/p-1. The van der Waals surface area contributed by atoms with Gasteiger partial charge in [0.25, 0.3) is 0 Å². The van der Waals surface area contributed by atoms with E-state index < -0.39 is 12.2 Å². The van der Waals surface area contributed by atoms with Crippen molar-refractivity contribution in [2.45, 2.75) is 44.0 Å². The van der Waals surface area contributed by atoms with Gasteiger partial charge in [0.2, 0.25) is 0 Å². The summed E-state index contributed by atoms with van der Waals surface area (Å²) in [5.74, 6) is 0.838. The van der Waals surface area contributed by atoms with E-state index in [0.717, 1.165) is 34.2 Å². The van der Waals surface area contributed by atoms with E-state index in [2.05, 4.69) is 30.3 Å². The molecule has 1 amide bonds. The van der Waals surface area contributed by atoms with Crippen molar-refractivity contribution in [3.8, 4) is 5.75 Å². The summed E-state index contributed by atoms with van der Waals surface area (Å²) >= 11 is 0. The third kappa shape index (κ3) is 6.96. The maximum atomic E-state index is 11.6. The molecule has 1 aliphatic rings. The molecule has 1 fully saturated rings. The molecule has 202 valence electrons. The van der Waals surface area contributed by atoms with Gasteiger partial charge >= 0.3 is 0 Å². The first-order valence-electron chi connectivity index (χ1n) is 13.6. The van der Waals surface area contributed by atoms with Crippen LogP contribution >= 0.6 is 0 Å².